The molecule has 0 aromatic heterocycles. The van der Waals surface area contributed by atoms with Crippen LogP contribution in [0.1, 0.15) is 31.7 Å². The molecule has 0 radical (unpaired) electrons. The van der Waals surface area contributed by atoms with E-state index in [0.29, 0.717) is 12.6 Å². The summed E-state index contributed by atoms with van der Waals surface area (Å²) in [5.74, 6) is 0.750. The first-order chi connectivity index (χ1) is 9.63. The number of nitrogens with one attached hydrogen (secondary N) is 2. The van der Waals surface area contributed by atoms with E-state index in [-0.39, 0.29) is 12.1 Å². The molecule has 1 saturated carbocycles. The molecule has 0 aliphatic heterocycles. The van der Waals surface area contributed by atoms with Crippen molar-refractivity contribution in [2.45, 2.75) is 44.7 Å². The molecule has 1 atom stereocenters. The minimum Gasteiger partial charge on any atom is -0.338 e. The molecule has 2 amide bonds. The maximum atomic E-state index is 11.6. The van der Waals surface area contributed by atoms with E-state index >= 15 is 0 Å². The van der Waals surface area contributed by atoms with Gasteiger partial charge in [-0.25, -0.2) is 4.79 Å². The summed E-state index contributed by atoms with van der Waals surface area (Å²) in [6.45, 7) is 2.83. The summed E-state index contributed by atoms with van der Waals surface area (Å²) in [5.41, 5.74) is 7.32. The number of carbonyl (C=O) groups excluding carboxylic acids is 1. The first-order valence-corrected chi connectivity index (χ1v) is 7.47. The summed E-state index contributed by atoms with van der Waals surface area (Å²) in [6.07, 6.45) is 3.84. The number of rotatable bonds is 6. The Balaban J connectivity index is 1.57. The molecule has 110 valence electrons. The topological polar surface area (TPSA) is 67.2 Å². The van der Waals surface area contributed by atoms with Crippen molar-refractivity contribution < 1.29 is 4.79 Å². The lowest BCUT2D eigenvalue weighted by molar-refractivity contribution is 0.210. The Morgan fingerprint density at radius 1 is 1.35 bits per heavy atom. The molecule has 1 aliphatic rings. The molecule has 2 rings (SSSR count). The third-order valence-electron chi connectivity index (χ3n) is 3.85. The van der Waals surface area contributed by atoms with Gasteiger partial charge < -0.3 is 16.4 Å². The van der Waals surface area contributed by atoms with Gasteiger partial charge in [0.05, 0.1) is 0 Å². The third kappa shape index (κ3) is 4.85. The zero-order chi connectivity index (χ0) is 14.4. The highest BCUT2D eigenvalue weighted by Gasteiger charge is 2.26. The predicted octanol–water partition coefficient (Wildman–Crippen LogP) is 2.04. The molecular formula is C16H25N3O. The number of hydrogen-bond acceptors (Lipinski definition) is 2. The number of benzene rings is 1. The number of nitrogens with two attached hydrogens (primary N) is 1. The zero-order valence-corrected chi connectivity index (χ0v) is 12.1. The Morgan fingerprint density at radius 3 is 2.70 bits per heavy atom. The third-order valence-corrected chi connectivity index (χ3v) is 3.85. The van der Waals surface area contributed by atoms with Gasteiger partial charge >= 0.3 is 6.03 Å². The second-order valence-electron chi connectivity index (χ2n) is 5.91. The van der Waals surface area contributed by atoms with Gasteiger partial charge in [0.15, 0.2) is 0 Å². The van der Waals surface area contributed by atoms with Crippen molar-refractivity contribution in [3.05, 3.63) is 35.9 Å². The van der Waals surface area contributed by atoms with Gasteiger partial charge in [-0.2, -0.15) is 0 Å². The molecular weight excluding hydrogens is 250 g/mol. The van der Waals surface area contributed by atoms with Crippen molar-refractivity contribution in [3.8, 4) is 0 Å². The standard InChI is InChI=1S/C16H25N3O/c1-12-9-15(10-12)19-16(20)18-8-7-14(17)11-13-5-3-2-4-6-13/h2-6,12,14-15H,7-11,17H2,1H3,(H2,18,19,20). The largest absolute Gasteiger partial charge is 0.338 e. The average Bonchev–Trinajstić information content (AvgIpc) is 2.38. The Morgan fingerprint density at radius 2 is 2.05 bits per heavy atom. The summed E-state index contributed by atoms with van der Waals surface area (Å²) in [7, 11) is 0. The van der Waals surface area contributed by atoms with Crippen LogP contribution < -0.4 is 16.4 Å². The highest BCUT2D eigenvalue weighted by molar-refractivity contribution is 5.74. The monoisotopic (exact) mass is 275 g/mol. The van der Waals surface area contributed by atoms with Crippen LogP contribution in [0.15, 0.2) is 30.3 Å². The van der Waals surface area contributed by atoms with Crippen LogP contribution in [0.4, 0.5) is 4.79 Å². The van der Waals surface area contributed by atoms with Gasteiger partial charge in [0, 0.05) is 18.6 Å². The fraction of sp³-hybridized carbons (Fsp3) is 0.562. The van der Waals surface area contributed by atoms with Crippen LogP contribution in [0.3, 0.4) is 0 Å². The first-order valence-electron chi connectivity index (χ1n) is 7.47. The minimum atomic E-state index is -0.0613. The zero-order valence-electron chi connectivity index (χ0n) is 12.1. The van der Waals surface area contributed by atoms with Crippen LogP contribution in [-0.4, -0.2) is 24.7 Å². The molecule has 4 N–H and O–H groups in total. The molecule has 4 nitrogen and oxygen atoms in total. The van der Waals surface area contributed by atoms with E-state index < -0.39 is 0 Å². The van der Waals surface area contributed by atoms with Crippen LogP contribution in [0.25, 0.3) is 0 Å². The van der Waals surface area contributed by atoms with Crippen LogP contribution in [0.5, 0.6) is 0 Å². The van der Waals surface area contributed by atoms with E-state index in [1.54, 1.807) is 0 Å². The SMILES string of the molecule is CC1CC(NC(=O)NCCC(N)Cc2ccccc2)C1. The number of carbonyl (C=O) groups is 1. The summed E-state index contributed by atoms with van der Waals surface area (Å²) >= 11 is 0. The molecule has 1 aromatic rings. The van der Waals surface area contributed by atoms with Gasteiger partial charge in [-0.3, -0.25) is 0 Å². The number of amides is 2. The lowest BCUT2D eigenvalue weighted by Gasteiger charge is -2.33. The van der Waals surface area contributed by atoms with Crippen molar-refractivity contribution in [2.24, 2.45) is 11.7 Å². The molecule has 0 heterocycles. The van der Waals surface area contributed by atoms with Crippen LogP contribution >= 0.6 is 0 Å². The summed E-state index contributed by atoms with van der Waals surface area (Å²) in [5, 5.41) is 5.86. The maximum Gasteiger partial charge on any atom is 0.315 e. The normalized spacial score (nSPS) is 22.7. The fourth-order valence-electron chi connectivity index (χ4n) is 2.65. The highest BCUT2D eigenvalue weighted by Crippen LogP contribution is 2.25. The second kappa shape index (κ2) is 7.29. The highest BCUT2D eigenvalue weighted by atomic mass is 16.2. The Hall–Kier alpha value is -1.55. The van der Waals surface area contributed by atoms with E-state index in [1.807, 2.05) is 18.2 Å². The van der Waals surface area contributed by atoms with E-state index in [2.05, 4.69) is 29.7 Å². The molecule has 1 aliphatic carbocycles. The van der Waals surface area contributed by atoms with Gasteiger partial charge in [-0.05, 0) is 37.2 Å². The Kier molecular flexibility index (Phi) is 5.41. The number of hydrogen-bond donors (Lipinski definition) is 3. The molecule has 1 fully saturated rings. The van der Waals surface area contributed by atoms with Gasteiger partial charge in [-0.15, -0.1) is 0 Å². The van der Waals surface area contributed by atoms with Crippen LogP contribution in [-0.2, 0) is 6.42 Å². The summed E-state index contributed by atoms with van der Waals surface area (Å²) in [6, 6.07) is 10.6. The van der Waals surface area contributed by atoms with Gasteiger partial charge in [-0.1, -0.05) is 37.3 Å². The predicted molar refractivity (Wildman–Crippen MR) is 81.5 cm³/mol. The van der Waals surface area contributed by atoms with Crippen molar-refractivity contribution in [3.63, 3.8) is 0 Å². The molecule has 4 heteroatoms. The molecule has 0 spiro atoms. The van der Waals surface area contributed by atoms with E-state index in [1.165, 1.54) is 5.56 Å². The van der Waals surface area contributed by atoms with Gasteiger partial charge in [0.25, 0.3) is 0 Å². The van der Waals surface area contributed by atoms with E-state index in [4.69, 9.17) is 5.73 Å². The Labute approximate surface area is 121 Å². The first kappa shape index (κ1) is 14.9. The van der Waals surface area contributed by atoms with Crippen molar-refractivity contribution in [1.82, 2.24) is 10.6 Å². The average molecular weight is 275 g/mol. The molecule has 20 heavy (non-hydrogen) atoms. The quantitative estimate of drug-likeness (QED) is 0.744. The van der Waals surface area contributed by atoms with Gasteiger partial charge in [0.1, 0.15) is 0 Å². The molecule has 1 aromatic carbocycles. The lowest BCUT2D eigenvalue weighted by Crippen LogP contribution is -2.48. The molecule has 0 bridgehead atoms. The van der Waals surface area contributed by atoms with Crippen LogP contribution in [0, 0.1) is 5.92 Å². The second-order valence-corrected chi connectivity index (χ2v) is 5.91. The molecule has 1 unspecified atom stereocenters. The smallest absolute Gasteiger partial charge is 0.315 e. The fourth-order valence-corrected chi connectivity index (χ4v) is 2.65. The van der Waals surface area contributed by atoms with Crippen molar-refractivity contribution >= 4 is 6.03 Å². The van der Waals surface area contributed by atoms with Gasteiger partial charge in [0.2, 0.25) is 0 Å². The molecule has 0 saturated heterocycles. The summed E-state index contributed by atoms with van der Waals surface area (Å²) in [4.78, 5) is 11.6. The minimum absolute atomic E-state index is 0.0613. The van der Waals surface area contributed by atoms with E-state index in [0.717, 1.165) is 31.6 Å². The van der Waals surface area contributed by atoms with Crippen LogP contribution in [0.2, 0.25) is 0 Å². The maximum absolute atomic E-state index is 11.6. The van der Waals surface area contributed by atoms with Crippen molar-refractivity contribution in [2.75, 3.05) is 6.54 Å². The van der Waals surface area contributed by atoms with E-state index in [9.17, 15) is 4.79 Å². The Bertz CT molecular complexity index is 415. The summed E-state index contributed by atoms with van der Waals surface area (Å²) < 4.78 is 0. The number of urea groups is 1. The van der Waals surface area contributed by atoms with Crippen molar-refractivity contribution in [1.29, 1.82) is 0 Å². The lowest BCUT2D eigenvalue weighted by atomic mass is 9.82.